The summed E-state index contributed by atoms with van der Waals surface area (Å²) in [6, 6.07) is 6.13. The lowest BCUT2D eigenvalue weighted by Crippen LogP contribution is -2.29. The van der Waals surface area contributed by atoms with Crippen LogP contribution in [0.1, 0.15) is 31.7 Å². The summed E-state index contributed by atoms with van der Waals surface area (Å²) in [4.78, 5) is 11.6. The summed E-state index contributed by atoms with van der Waals surface area (Å²) >= 11 is 6.21. The van der Waals surface area contributed by atoms with Crippen LogP contribution in [-0.2, 0) is 11.3 Å². The van der Waals surface area contributed by atoms with Gasteiger partial charge in [0.2, 0.25) is 0 Å². The fourth-order valence-corrected chi connectivity index (χ4v) is 2.07. The van der Waals surface area contributed by atoms with Crippen molar-refractivity contribution >= 4 is 17.5 Å². The molecule has 1 fully saturated rings. The highest BCUT2D eigenvalue weighted by molar-refractivity contribution is 6.31. The molecule has 0 spiro atoms. The van der Waals surface area contributed by atoms with Crippen LogP contribution in [0.15, 0.2) is 18.2 Å². The van der Waals surface area contributed by atoms with Gasteiger partial charge in [-0.2, -0.15) is 0 Å². The molecular formula is C15H21ClN2O2. The highest BCUT2D eigenvalue weighted by atomic mass is 35.5. The summed E-state index contributed by atoms with van der Waals surface area (Å²) in [5, 5.41) is 6.87. The minimum absolute atomic E-state index is 0.0246. The Balaban J connectivity index is 1.91. The lowest BCUT2D eigenvalue weighted by molar-refractivity contribution is -0.123. The largest absolute Gasteiger partial charge is 0.483 e. The van der Waals surface area contributed by atoms with Crippen LogP contribution in [0.2, 0.25) is 5.02 Å². The van der Waals surface area contributed by atoms with Crippen molar-refractivity contribution in [2.24, 2.45) is 0 Å². The molecule has 0 atom stereocenters. The van der Waals surface area contributed by atoms with Gasteiger partial charge in [-0.25, -0.2) is 0 Å². The van der Waals surface area contributed by atoms with Gasteiger partial charge >= 0.3 is 0 Å². The van der Waals surface area contributed by atoms with E-state index in [1.165, 1.54) is 12.8 Å². The van der Waals surface area contributed by atoms with Crippen LogP contribution in [0.5, 0.6) is 5.75 Å². The topological polar surface area (TPSA) is 50.4 Å². The molecule has 1 aromatic carbocycles. The third kappa shape index (κ3) is 4.69. The van der Waals surface area contributed by atoms with Gasteiger partial charge in [-0.3, -0.25) is 4.79 Å². The van der Waals surface area contributed by atoms with E-state index < -0.39 is 0 Å². The molecule has 0 aromatic heterocycles. The van der Waals surface area contributed by atoms with Gasteiger partial charge in [0.05, 0.1) is 0 Å². The first-order valence-corrected chi connectivity index (χ1v) is 7.48. The zero-order valence-corrected chi connectivity index (χ0v) is 12.5. The Morgan fingerprint density at radius 3 is 2.95 bits per heavy atom. The van der Waals surface area contributed by atoms with E-state index >= 15 is 0 Å². The normalized spacial score (nSPS) is 14.1. The quantitative estimate of drug-likeness (QED) is 0.775. The molecule has 0 aliphatic heterocycles. The molecule has 1 saturated carbocycles. The van der Waals surface area contributed by atoms with E-state index in [9.17, 15) is 4.79 Å². The number of rotatable bonds is 8. The van der Waals surface area contributed by atoms with Crippen LogP contribution in [0.4, 0.5) is 0 Å². The molecule has 2 rings (SSSR count). The number of nitrogens with one attached hydrogen (secondary N) is 2. The number of ether oxygens (including phenoxy) is 1. The van der Waals surface area contributed by atoms with Crippen molar-refractivity contribution in [1.82, 2.24) is 10.6 Å². The Kier molecular flexibility index (Phi) is 5.68. The molecule has 1 aliphatic carbocycles. The summed E-state index contributed by atoms with van der Waals surface area (Å²) < 4.78 is 5.59. The van der Waals surface area contributed by atoms with Gasteiger partial charge in [-0.1, -0.05) is 24.6 Å². The highest BCUT2D eigenvalue weighted by Gasteiger charge is 2.21. The van der Waals surface area contributed by atoms with Crippen molar-refractivity contribution in [1.29, 1.82) is 0 Å². The summed E-state index contributed by atoms with van der Waals surface area (Å²) in [7, 11) is 0. The SMILES string of the molecule is CCCNC(=O)COc1cccc(Cl)c1CNC1CC1. The standard InChI is InChI=1S/C15H21ClN2O2/c1-2-8-17-15(19)10-20-14-5-3-4-13(16)12(14)9-18-11-6-7-11/h3-5,11,18H,2,6-10H2,1H3,(H,17,19). The number of carbonyl (C=O) groups excluding carboxylic acids is 1. The number of hydrogen-bond acceptors (Lipinski definition) is 3. The van der Waals surface area contributed by atoms with Crippen LogP contribution >= 0.6 is 11.6 Å². The van der Waals surface area contributed by atoms with Crippen LogP contribution in [0, 0.1) is 0 Å². The third-order valence-corrected chi connectivity index (χ3v) is 3.51. The van der Waals surface area contributed by atoms with E-state index in [1.807, 2.05) is 25.1 Å². The molecule has 110 valence electrons. The van der Waals surface area contributed by atoms with Crippen LogP contribution < -0.4 is 15.4 Å². The lowest BCUT2D eigenvalue weighted by Gasteiger charge is -2.13. The predicted molar refractivity (Wildman–Crippen MR) is 80.1 cm³/mol. The number of hydrogen-bond donors (Lipinski definition) is 2. The van der Waals surface area contributed by atoms with Crippen LogP contribution in [-0.4, -0.2) is 25.1 Å². The Morgan fingerprint density at radius 1 is 1.45 bits per heavy atom. The Labute approximate surface area is 124 Å². The smallest absolute Gasteiger partial charge is 0.257 e. The van der Waals surface area contributed by atoms with E-state index in [-0.39, 0.29) is 12.5 Å². The van der Waals surface area contributed by atoms with Gasteiger partial charge in [0.1, 0.15) is 5.75 Å². The van der Waals surface area contributed by atoms with Gasteiger partial charge in [0.15, 0.2) is 6.61 Å². The second kappa shape index (κ2) is 7.50. The van der Waals surface area contributed by atoms with Crippen molar-refractivity contribution in [2.75, 3.05) is 13.2 Å². The molecular weight excluding hydrogens is 276 g/mol. The molecule has 0 saturated heterocycles. The number of benzene rings is 1. The van der Waals surface area contributed by atoms with Crippen LogP contribution in [0.25, 0.3) is 0 Å². The second-order valence-corrected chi connectivity index (χ2v) is 5.42. The second-order valence-electron chi connectivity index (χ2n) is 5.01. The number of carbonyl (C=O) groups is 1. The molecule has 2 N–H and O–H groups in total. The van der Waals surface area contributed by atoms with Gasteiger partial charge in [-0.15, -0.1) is 0 Å². The monoisotopic (exact) mass is 296 g/mol. The first-order chi connectivity index (χ1) is 9.70. The Bertz CT molecular complexity index is 461. The molecule has 4 nitrogen and oxygen atoms in total. The minimum atomic E-state index is -0.104. The summed E-state index contributed by atoms with van der Waals surface area (Å²) in [5.74, 6) is 0.574. The van der Waals surface area contributed by atoms with E-state index in [4.69, 9.17) is 16.3 Å². The van der Waals surface area contributed by atoms with E-state index in [0.29, 0.717) is 29.9 Å². The molecule has 20 heavy (non-hydrogen) atoms. The number of amides is 1. The fraction of sp³-hybridized carbons (Fsp3) is 0.533. The summed E-state index contributed by atoms with van der Waals surface area (Å²) in [5.41, 5.74) is 0.921. The van der Waals surface area contributed by atoms with E-state index in [1.54, 1.807) is 0 Å². The van der Waals surface area contributed by atoms with Gasteiger partial charge < -0.3 is 15.4 Å². The molecule has 0 bridgehead atoms. The predicted octanol–water partition coefficient (Wildman–Crippen LogP) is 2.50. The fourth-order valence-electron chi connectivity index (χ4n) is 1.84. The Morgan fingerprint density at radius 2 is 2.25 bits per heavy atom. The lowest BCUT2D eigenvalue weighted by atomic mass is 10.2. The van der Waals surface area contributed by atoms with Gasteiger partial charge in [0.25, 0.3) is 5.91 Å². The molecule has 0 radical (unpaired) electrons. The molecule has 0 unspecified atom stereocenters. The maximum Gasteiger partial charge on any atom is 0.257 e. The maximum absolute atomic E-state index is 11.6. The van der Waals surface area contributed by atoms with E-state index in [0.717, 1.165) is 12.0 Å². The molecule has 1 aliphatic rings. The van der Waals surface area contributed by atoms with Gasteiger partial charge in [0, 0.05) is 29.7 Å². The number of halogens is 1. The van der Waals surface area contributed by atoms with Crippen molar-refractivity contribution in [3.05, 3.63) is 28.8 Å². The third-order valence-electron chi connectivity index (χ3n) is 3.15. The molecule has 1 aromatic rings. The van der Waals surface area contributed by atoms with Gasteiger partial charge in [-0.05, 0) is 31.4 Å². The van der Waals surface area contributed by atoms with Crippen molar-refractivity contribution in [2.45, 2.75) is 38.8 Å². The molecule has 1 amide bonds. The maximum atomic E-state index is 11.6. The average Bonchev–Trinajstić information content (AvgIpc) is 3.26. The zero-order valence-electron chi connectivity index (χ0n) is 11.7. The van der Waals surface area contributed by atoms with Crippen LogP contribution in [0.3, 0.4) is 0 Å². The Hall–Kier alpha value is -1.26. The molecule has 0 heterocycles. The summed E-state index contributed by atoms with van der Waals surface area (Å²) in [6.45, 7) is 3.39. The average molecular weight is 297 g/mol. The minimum Gasteiger partial charge on any atom is -0.483 e. The van der Waals surface area contributed by atoms with Crippen molar-refractivity contribution in [3.8, 4) is 5.75 Å². The zero-order chi connectivity index (χ0) is 14.4. The first kappa shape index (κ1) is 15.1. The highest BCUT2D eigenvalue weighted by Crippen LogP contribution is 2.28. The summed E-state index contributed by atoms with van der Waals surface area (Å²) in [6.07, 6.45) is 3.36. The van der Waals surface area contributed by atoms with Crippen molar-refractivity contribution in [3.63, 3.8) is 0 Å². The molecule has 5 heteroatoms. The van der Waals surface area contributed by atoms with Crippen molar-refractivity contribution < 1.29 is 9.53 Å². The first-order valence-electron chi connectivity index (χ1n) is 7.11. The van der Waals surface area contributed by atoms with E-state index in [2.05, 4.69) is 10.6 Å².